The average Bonchev–Trinajstić information content (AvgIpc) is 3.37. The minimum Gasteiger partial charge on any atom is -0.480 e. The van der Waals surface area contributed by atoms with Gasteiger partial charge in [-0.3, -0.25) is 9.59 Å². The standard InChI is InChI=1S/C29H24Cl2N4O4/c30-20-4-3-5-21(31)25(20)27(36)34-24(29(38)39)16-17-8-10-18(11-9-17)19-12-14-35(15-13-19)28(37)26-32-22-6-1-2-7-23(22)33-26/h1-12,24H,13-16H2,(H,32,33)(H,34,36)(H,38,39)/t24-/m0/s1. The number of carbonyl (C=O) groups excluding carboxylic acids is 2. The van der Waals surface area contributed by atoms with E-state index in [1.54, 1.807) is 11.0 Å². The number of halogens is 2. The molecule has 3 N–H and O–H groups in total. The number of para-hydroxylation sites is 2. The van der Waals surface area contributed by atoms with Crippen LogP contribution in [0.5, 0.6) is 0 Å². The number of H-pyrrole nitrogens is 1. The van der Waals surface area contributed by atoms with Gasteiger partial charge in [0.25, 0.3) is 11.8 Å². The van der Waals surface area contributed by atoms with Gasteiger partial charge in [-0.25, -0.2) is 9.78 Å². The molecule has 1 aliphatic rings. The predicted molar refractivity (Wildman–Crippen MR) is 150 cm³/mol. The van der Waals surface area contributed by atoms with Crippen molar-refractivity contribution in [1.29, 1.82) is 0 Å². The molecule has 39 heavy (non-hydrogen) atoms. The van der Waals surface area contributed by atoms with Crippen LogP contribution in [0, 0.1) is 0 Å². The number of rotatable bonds is 7. The number of carbonyl (C=O) groups is 3. The zero-order valence-electron chi connectivity index (χ0n) is 20.7. The van der Waals surface area contributed by atoms with E-state index >= 15 is 0 Å². The topological polar surface area (TPSA) is 115 Å². The van der Waals surface area contributed by atoms with Gasteiger partial charge in [0.2, 0.25) is 0 Å². The van der Waals surface area contributed by atoms with Gasteiger partial charge in [-0.05, 0) is 47.4 Å². The lowest BCUT2D eigenvalue weighted by Gasteiger charge is -2.26. The molecule has 2 heterocycles. The van der Waals surface area contributed by atoms with E-state index in [0.29, 0.717) is 25.3 Å². The molecule has 10 heteroatoms. The number of hydrogen-bond donors (Lipinski definition) is 3. The lowest BCUT2D eigenvalue weighted by atomic mass is 9.96. The van der Waals surface area contributed by atoms with Crippen LogP contribution >= 0.6 is 23.2 Å². The van der Waals surface area contributed by atoms with Gasteiger partial charge in [0.05, 0.1) is 26.6 Å². The summed E-state index contributed by atoms with van der Waals surface area (Å²) in [6.07, 6.45) is 2.78. The quantitative estimate of drug-likeness (QED) is 0.285. The van der Waals surface area contributed by atoms with Crippen molar-refractivity contribution in [2.45, 2.75) is 18.9 Å². The van der Waals surface area contributed by atoms with Crippen molar-refractivity contribution in [3.8, 4) is 0 Å². The summed E-state index contributed by atoms with van der Waals surface area (Å²) in [5, 5.41) is 12.5. The molecule has 1 atom stereocenters. The highest BCUT2D eigenvalue weighted by Gasteiger charge is 2.25. The molecular formula is C29H24Cl2N4O4. The Morgan fingerprint density at radius 1 is 1.00 bits per heavy atom. The number of aromatic nitrogens is 2. The van der Waals surface area contributed by atoms with E-state index in [0.717, 1.165) is 27.7 Å². The van der Waals surface area contributed by atoms with Gasteiger partial charge in [0, 0.05) is 19.5 Å². The highest BCUT2D eigenvalue weighted by atomic mass is 35.5. The maximum absolute atomic E-state index is 12.9. The minimum atomic E-state index is -1.17. The average molecular weight is 563 g/mol. The van der Waals surface area contributed by atoms with Crippen molar-refractivity contribution in [3.05, 3.63) is 105 Å². The number of amides is 2. The molecule has 1 aliphatic heterocycles. The molecule has 3 aromatic carbocycles. The molecule has 0 radical (unpaired) electrons. The Bertz CT molecular complexity index is 1540. The SMILES string of the molecule is O=C(N[C@@H](Cc1ccc(C2=CCN(C(=O)c3nc4ccccc4[nH]3)CC2)cc1)C(=O)O)c1c(Cl)cccc1Cl. The summed E-state index contributed by atoms with van der Waals surface area (Å²) in [5.74, 6) is -1.63. The van der Waals surface area contributed by atoms with E-state index in [4.69, 9.17) is 23.2 Å². The molecule has 0 saturated heterocycles. The maximum Gasteiger partial charge on any atom is 0.326 e. The van der Waals surface area contributed by atoms with Crippen molar-refractivity contribution < 1.29 is 19.5 Å². The molecule has 0 bridgehead atoms. The Labute approximate surface area is 234 Å². The molecule has 198 valence electrons. The summed E-state index contributed by atoms with van der Waals surface area (Å²) in [6, 6.07) is 18.5. The Hall–Kier alpha value is -4.14. The molecule has 0 aliphatic carbocycles. The van der Waals surface area contributed by atoms with Gasteiger partial charge in [-0.1, -0.05) is 71.7 Å². The van der Waals surface area contributed by atoms with Crippen LogP contribution in [-0.2, 0) is 11.2 Å². The fourth-order valence-corrected chi connectivity index (χ4v) is 5.12. The summed E-state index contributed by atoms with van der Waals surface area (Å²) in [7, 11) is 0. The first-order valence-electron chi connectivity index (χ1n) is 12.3. The van der Waals surface area contributed by atoms with Crippen LogP contribution < -0.4 is 5.32 Å². The monoisotopic (exact) mass is 562 g/mol. The van der Waals surface area contributed by atoms with Crippen LogP contribution in [0.15, 0.2) is 72.8 Å². The first kappa shape index (κ1) is 26.5. The summed E-state index contributed by atoms with van der Waals surface area (Å²) >= 11 is 12.2. The zero-order chi connectivity index (χ0) is 27.5. The van der Waals surface area contributed by atoms with Crippen molar-refractivity contribution >= 4 is 57.6 Å². The number of hydrogen-bond acceptors (Lipinski definition) is 4. The van der Waals surface area contributed by atoms with Crippen molar-refractivity contribution in [2.75, 3.05) is 13.1 Å². The Morgan fingerprint density at radius 3 is 2.36 bits per heavy atom. The first-order chi connectivity index (χ1) is 18.8. The predicted octanol–water partition coefficient (Wildman–Crippen LogP) is 5.22. The highest BCUT2D eigenvalue weighted by Crippen LogP contribution is 2.26. The molecule has 8 nitrogen and oxygen atoms in total. The molecule has 0 spiro atoms. The molecule has 2 amide bonds. The lowest BCUT2D eigenvalue weighted by molar-refractivity contribution is -0.139. The van der Waals surface area contributed by atoms with Gasteiger partial charge in [-0.15, -0.1) is 0 Å². The van der Waals surface area contributed by atoms with Crippen LogP contribution in [0.25, 0.3) is 16.6 Å². The summed E-state index contributed by atoms with van der Waals surface area (Å²) < 4.78 is 0. The number of fused-ring (bicyclic) bond motifs is 1. The highest BCUT2D eigenvalue weighted by molar-refractivity contribution is 6.39. The van der Waals surface area contributed by atoms with E-state index in [1.807, 2.05) is 54.6 Å². The van der Waals surface area contributed by atoms with Crippen LogP contribution in [0.1, 0.15) is 38.5 Å². The summed E-state index contributed by atoms with van der Waals surface area (Å²) in [6.45, 7) is 1.02. The number of benzene rings is 3. The van der Waals surface area contributed by atoms with Gasteiger partial charge < -0.3 is 20.3 Å². The third-order valence-electron chi connectivity index (χ3n) is 6.65. The number of carboxylic acids is 1. The zero-order valence-corrected chi connectivity index (χ0v) is 22.2. The summed E-state index contributed by atoms with van der Waals surface area (Å²) in [5.41, 5.74) is 4.47. The Kier molecular flexibility index (Phi) is 7.67. The van der Waals surface area contributed by atoms with Gasteiger partial charge in [0.15, 0.2) is 5.82 Å². The van der Waals surface area contributed by atoms with E-state index in [9.17, 15) is 19.5 Å². The van der Waals surface area contributed by atoms with E-state index in [2.05, 4.69) is 15.3 Å². The molecule has 0 fully saturated rings. The third-order valence-corrected chi connectivity index (χ3v) is 7.28. The normalized spacial score (nSPS) is 14.1. The van der Waals surface area contributed by atoms with E-state index in [1.165, 1.54) is 12.1 Å². The number of carboxylic acid groups (broad SMARTS) is 1. The lowest BCUT2D eigenvalue weighted by Crippen LogP contribution is -2.42. The van der Waals surface area contributed by atoms with Gasteiger partial charge in [0.1, 0.15) is 6.04 Å². The molecule has 0 saturated carbocycles. The number of aliphatic carboxylic acids is 1. The second-order valence-corrected chi connectivity index (χ2v) is 10.0. The second kappa shape index (κ2) is 11.3. The minimum absolute atomic E-state index is 0.0412. The molecule has 0 unspecified atom stereocenters. The summed E-state index contributed by atoms with van der Waals surface area (Å²) in [4.78, 5) is 46.7. The van der Waals surface area contributed by atoms with Crippen molar-refractivity contribution in [1.82, 2.24) is 20.2 Å². The molecule has 4 aromatic rings. The first-order valence-corrected chi connectivity index (χ1v) is 13.1. The third kappa shape index (κ3) is 5.82. The fourth-order valence-electron chi connectivity index (χ4n) is 4.56. The fraction of sp³-hybridized carbons (Fsp3) is 0.172. The molecular weight excluding hydrogens is 539 g/mol. The van der Waals surface area contributed by atoms with Crippen LogP contribution in [-0.4, -0.2) is 56.9 Å². The number of imidazole rings is 1. The van der Waals surface area contributed by atoms with Crippen molar-refractivity contribution in [2.24, 2.45) is 0 Å². The maximum atomic E-state index is 12.9. The van der Waals surface area contributed by atoms with Crippen LogP contribution in [0.2, 0.25) is 10.0 Å². The Morgan fingerprint density at radius 2 is 1.72 bits per heavy atom. The van der Waals surface area contributed by atoms with E-state index in [-0.39, 0.29) is 27.9 Å². The smallest absolute Gasteiger partial charge is 0.326 e. The van der Waals surface area contributed by atoms with E-state index < -0.39 is 17.9 Å². The van der Waals surface area contributed by atoms with Gasteiger partial charge in [-0.2, -0.15) is 0 Å². The second-order valence-electron chi connectivity index (χ2n) is 9.20. The molecule has 1 aromatic heterocycles. The molecule has 5 rings (SSSR count). The number of nitrogens with one attached hydrogen (secondary N) is 2. The van der Waals surface area contributed by atoms with Crippen LogP contribution in [0.3, 0.4) is 0 Å². The van der Waals surface area contributed by atoms with Gasteiger partial charge >= 0.3 is 5.97 Å². The number of nitrogens with zero attached hydrogens (tertiary/aromatic N) is 2. The van der Waals surface area contributed by atoms with Crippen LogP contribution in [0.4, 0.5) is 0 Å². The Balaban J connectivity index is 1.22. The largest absolute Gasteiger partial charge is 0.480 e. The van der Waals surface area contributed by atoms with Crippen molar-refractivity contribution in [3.63, 3.8) is 0 Å². The number of aromatic amines is 1.